The summed E-state index contributed by atoms with van der Waals surface area (Å²) < 4.78 is 0. The molecule has 0 aliphatic rings. The quantitative estimate of drug-likeness (QED) is 0.203. The number of aromatic amines is 1. The lowest BCUT2D eigenvalue weighted by molar-refractivity contribution is -0.140. The van der Waals surface area contributed by atoms with E-state index in [0.29, 0.717) is 15.8 Å². The Labute approximate surface area is 211 Å². The second kappa shape index (κ2) is 12.8. The molecule has 192 valence electrons. The Morgan fingerprint density at radius 2 is 1.69 bits per heavy atom. The van der Waals surface area contributed by atoms with Crippen molar-refractivity contribution in [3.63, 3.8) is 0 Å². The summed E-state index contributed by atoms with van der Waals surface area (Å²) in [6.45, 7) is 0. The zero-order valence-electron chi connectivity index (χ0n) is 19.8. The number of carboxylic acids is 2. The zero-order chi connectivity index (χ0) is 26.1. The average Bonchev–Trinajstić information content (AvgIpc) is 3.24. The van der Waals surface area contributed by atoms with E-state index in [1.54, 1.807) is 12.1 Å². The summed E-state index contributed by atoms with van der Waals surface area (Å²) in [5.74, 6) is -2.78. The summed E-state index contributed by atoms with van der Waals surface area (Å²) >= 11 is 1.51. The summed E-state index contributed by atoms with van der Waals surface area (Å²) in [4.78, 5) is 54.7. The van der Waals surface area contributed by atoms with E-state index in [1.807, 2.05) is 18.2 Å². The van der Waals surface area contributed by atoms with E-state index in [9.17, 15) is 24.3 Å². The number of nitrogens with one attached hydrogen (secondary N) is 2. The predicted molar refractivity (Wildman–Crippen MR) is 137 cm³/mol. The minimum absolute atomic E-state index is 0.138. The third kappa shape index (κ3) is 7.91. The number of benzene rings is 1. The molecule has 1 atom stereocenters. The van der Waals surface area contributed by atoms with Gasteiger partial charge in [-0.05, 0) is 55.9 Å². The molecule has 3 rings (SSSR count). The van der Waals surface area contributed by atoms with E-state index < -0.39 is 23.9 Å². The van der Waals surface area contributed by atoms with Gasteiger partial charge in [-0.1, -0.05) is 31.4 Å². The number of unbranched alkanes of at least 4 members (excludes halogenated alkanes) is 4. The number of thiophene rings is 1. The number of aliphatic carboxylic acids is 2. The second-order valence-corrected chi connectivity index (χ2v) is 9.76. The summed E-state index contributed by atoms with van der Waals surface area (Å²) in [5, 5.41) is 20.9. The Morgan fingerprint density at radius 3 is 2.36 bits per heavy atom. The molecule has 2 aromatic heterocycles. The predicted octanol–water partition coefficient (Wildman–Crippen LogP) is 3.35. The molecule has 36 heavy (non-hydrogen) atoms. The van der Waals surface area contributed by atoms with Gasteiger partial charge in [0.15, 0.2) is 0 Å². The molecular formula is C25H30N4O6S. The molecular weight excluding hydrogens is 484 g/mol. The number of carbonyl (C=O) groups is 3. The zero-order valence-corrected chi connectivity index (χ0v) is 20.6. The van der Waals surface area contributed by atoms with Crippen molar-refractivity contribution in [1.82, 2.24) is 15.3 Å². The van der Waals surface area contributed by atoms with Gasteiger partial charge < -0.3 is 21.3 Å². The van der Waals surface area contributed by atoms with Crippen molar-refractivity contribution in [2.24, 2.45) is 0 Å². The number of aryl methyl sites for hydroxylation is 2. The number of aromatic nitrogens is 2. The van der Waals surface area contributed by atoms with Crippen LogP contribution in [-0.2, 0) is 22.4 Å². The van der Waals surface area contributed by atoms with Crippen LogP contribution in [0.3, 0.4) is 0 Å². The van der Waals surface area contributed by atoms with Gasteiger partial charge in [-0.15, -0.1) is 11.3 Å². The number of rotatable bonds is 14. The van der Waals surface area contributed by atoms with E-state index in [1.165, 1.54) is 11.3 Å². The topological polar surface area (TPSA) is 175 Å². The van der Waals surface area contributed by atoms with Crippen molar-refractivity contribution in [3.8, 4) is 0 Å². The minimum Gasteiger partial charge on any atom is -0.481 e. The van der Waals surface area contributed by atoms with Crippen LogP contribution in [0.5, 0.6) is 0 Å². The first-order valence-electron chi connectivity index (χ1n) is 11.9. The lowest BCUT2D eigenvalue weighted by Crippen LogP contribution is -2.41. The van der Waals surface area contributed by atoms with E-state index in [0.717, 1.165) is 55.4 Å². The normalized spacial score (nSPS) is 11.9. The van der Waals surface area contributed by atoms with Gasteiger partial charge in [-0.25, -0.2) is 9.78 Å². The largest absolute Gasteiger partial charge is 0.481 e. The molecule has 6 N–H and O–H groups in total. The fourth-order valence-electron chi connectivity index (χ4n) is 3.87. The summed E-state index contributed by atoms with van der Waals surface area (Å²) in [6, 6.07) is 7.66. The molecule has 2 heterocycles. The number of fused-ring (bicyclic) bond motifs is 1. The number of nitrogens with zero attached hydrogens (tertiary/aromatic N) is 1. The van der Waals surface area contributed by atoms with Crippen LogP contribution in [0.25, 0.3) is 10.2 Å². The number of anilines is 1. The lowest BCUT2D eigenvalue weighted by Gasteiger charge is -2.13. The molecule has 0 saturated carbocycles. The van der Waals surface area contributed by atoms with Crippen molar-refractivity contribution >= 4 is 45.3 Å². The molecule has 0 aliphatic heterocycles. The highest BCUT2D eigenvalue weighted by Crippen LogP contribution is 2.23. The van der Waals surface area contributed by atoms with Gasteiger partial charge in [0, 0.05) is 16.9 Å². The first-order chi connectivity index (χ1) is 17.2. The molecule has 0 aliphatic carbocycles. The average molecular weight is 515 g/mol. The number of hydrogen-bond donors (Lipinski definition) is 5. The van der Waals surface area contributed by atoms with Gasteiger partial charge in [0.05, 0.1) is 5.39 Å². The highest BCUT2D eigenvalue weighted by Gasteiger charge is 2.21. The molecule has 1 aromatic carbocycles. The lowest BCUT2D eigenvalue weighted by atomic mass is 10.0. The van der Waals surface area contributed by atoms with Crippen LogP contribution in [-0.4, -0.2) is 44.1 Å². The second-order valence-electron chi connectivity index (χ2n) is 8.64. The van der Waals surface area contributed by atoms with Crippen molar-refractivity contribution in [1.29, 1.82) is 0 Å². The van der Waals surface area contributed by atoms with Crippen LogP contribution >= 0.6 is 11.3 Å². The van der Waals surface area contributed by atoms with Crippen LogP contribution in [0, 0.1) is 0 Å². The van der Waals surface area contributed by atoms with E-state index in [2.05, 4.69) is 15.3 Å². The van der Waals surface area contributed by atoms with Crippen LogP contribution < -0.4 is 16.6 Å². The maximum Gasteiger partial charge on any atom is 0.326 e. The first-order valence-corrected chi connectivity index (χ1v) is 12.7. The van der Waals surface area contributed by atoms with Crippen molar-refractivity contribution in [2.45, 2.75) is 63.8 Å². The van der Waals surface area contributed by atoms with Gasteiger partial charge in [0.1, 0.15) is 10.9 Å². The molecule has 10 nitrogen and oxygen atoms in total. The van der Waals surface area contributed by atoms with Gasteiger partial charge in [-0.2, -0.15) is 0 Å². The number of nitrogen functional groups attached to an aromatic ring is 1. The summed E-state index contributed by atoms with van der Waals surface area (Å²) in [6.07, 6.45) is 6.59. The van der Waals surface area contributed by atoms with Crippen LogP contribution in [0.4, 0.5) is 5.95 Å². The van der Waals surface area contributed by atoms with E-state index in [4.69, 9.17) is 10.8 Å². The highest BCUT2D eigenvalue weighted by molar-refractivity contribution is 7.18. The van der Waals surface area contributed by atoms with Crippen LogP contribution in [0.2, 0.25) is 0 Å². The standard InChI is InChI=1S/C25H30N4O6S/c26-25-28-22(33)18-14-17(36-23(18)29-25)7-5-3-1-2-4-6-15-8-10-16(11-9-15)21(32)27-19(24(34)35)12-13-20(30)31/h8-11,14,19H,1-7,12-13H2,(H,27,32)(H,30,31)(H,34,35)(H3,26,28,29,33)/t19-/m1/s1. The SMILES string of the molecule is Nc1nc2sc(CCCCCCCc3ccc(C(=O)N[C@H](CCC(=O)O)C(=O)O)cc3)cc2c(=O)[nH]1. The molecule has 0 unspecified atom stereocenters. The molecule has 11 heteroatoms. The maximum atomic E-state index is 12.3. The maximum absolute atomic E-state index is 12.3. The Bertz CT molecular complexity index is 1270. The Balaban J connectivity index is 1.35. The minimum atomic E-state index is -1.26. The molecule has 1 amide bonds. The molecule has 0 bridgehead atoms. The van der Waals surface area contributed by atoms with Crippen LogP contribution in [0.15, 0.2) is 35.1 Å². The Hall–Kier alpha value is -3.73. The fraction of sp³-hybridized carbons (Fsp3) is 0.400. The third-order valence-corrected chi connectivity index (χ3v) is 6.92. The highest BCUT2D eigenvalue weighted by atomic mass is 32.1. The number of carbonyl (C=O) groups excluding carboxylic acids is 1. The number of amides is 1. The monoisotopic (exact) mass is 514 g/mol. The van der Waals surface area contributed by atoms with Gasteiger partial charge >= 0.3 is 11.9 Å². The number of nitrogens with two attached hydrogens (primary N) is 1. The molecule has 0 radical (unpaired) electrons. The molecule has 0 spiro atoms. The third-order valence-electron chi connectivity index (χ3n) is 5.83. The van der Waals surface area contributed by atoms with Crippen molar-refractivity contribution in [2.75, 3.05) is 5.73 Å². The van der Waals surface area contributed by atoms with Crippen LogP contribution in [0.1, 0.15) is 65.7 Å². The van der Waals surface area contributed by atoms with Gasteiger partial charge in [-0.3, -0.25) is 19.4 Å². The number of H-pyrrole nitrogens is 1. The fourth-order valence-corrected chi connectivity index (χ4v) is 4.95. The first kappa shape index (κ1) is 26.9. The summed E-state index contributed by atoms with van der Waals surface area (Å²) in [7, 11) is 0. The smallest absolute Gasteiger partial charge is 0.326 e. The molecule has 0 saturated heterocycles. The van der Waals surface area contributed by atoms with Crippen molar-refractivity contribution in [3.05, 3.63) is 56.7 Å². The van der Waals surface area contributed by atoms with E-state index >= 15 is 0 Å². The Kier molecular flexibility index (Phi) is 9.57. The van der Waals surface area contributed by atoms with Gasteiger partial charge in [0.25, 0.3) is 11.5 Å². The van der Waals surface area contributed by atoms with Crippen molar-refractivity contribution < 1.29 is 24.6 Å². The Morgan fingerprint density at radius 1 is 1.03 bits per heavy atom. The van der Waals surface area contributed by atoms with E-state index in [-0.39, 0.29) is 24.3 Å². The number of hydrogen-bond acceptors (Lipinski definition) is 7. The van der Waals surface area contributed by atoms with Gasteiger partial charge in [0.2, 0.25) is 5.95 Å². The molecule has 0 fully saturated rings. The number of carboxylic acid groups (broad SMARTS) is 2. The summed E-state index contributed by atoms with van der Waals surface area (Å²) in [5.41, 5.74) is 6.82. The molecule has 3 aromatic rings.